The van der Waals surface area contributed by atoms with Crippen molar-refractivity contribution in [3.8, 4) is 0 Å². The van der Waals surface area contributed by atoms with Crippen molar-refractivity contribution >= 4 is 17.7 Å². The Hall–Kier alpha value is -2.17. The van der Waals surface area contributed by atoms with E-state index in [0.717, 1.165) is 5.56 Å². The maximum absolute atomic E-state index is 12.4. The van der Waals surface area contributed by atoms with Gasteiger partial charge in [0, 0.05) is 18.3 Å². The Kier molecular flexibility index (Phi) is 7.45. The van der Waals surface area contributed by atoms with Gasteiger partial charge in [-0.2, -0.15) is 0 Å². The standard InChI is InChI=1S/C18H24O5/c1-5-12(2)15(19)11-14(13-9-7-6-8-10-13)16(17(20)22-3)18(21)23-4/h6-10,12,14,16H,5,11H2,1-4H3. The minimum atomic E-state index is -1.15. The summed E-state index contributed by atoms with van der Waals surface area (Å²) in [7, 11) is 2.44. The summed E-state index contributed by atoms with van der Waals surface area (Å²) < 4.78 is 9.51. The smallest absolute Gasteiger partial charge is 0.320 e. The van der Waals surface area contributed by atoms with E-state index in [9.17, 15) is 14.4 Å². The van der Waals surface area contributed by atoms with E-state index in [-0.39, 0.29) is 18.1 Å². The van der Waals surface area contributed by atoms with E-state index < -0.39 is 23.8 Å². The molecule has 0 aliphatic carbocycles. The summed E-state index contributed by atoms with van der Waals surface area (Å²) in [5, 5.41) is 0. The lowest BCUT2D eigenvalue weighted by Crippen LogP contribution is -2.34. The van der Waals surface area contributed by atoms with Gasteiger partial charge in [0.1, 0.15) is 5.78 Å². The molecule has 23 heavy (non-hydrogen) atoms. The molecule has 0 fully saturated rings. The van der Waals surface area contributed by atoms with Crippen LogP contribution in [0.1, 0.15) is 38.2 Å². The number of methoxy groups -OCH3 is 2. The summed E-state index contributed by atoms with van der Waals surface area (Å²) in [5.74, 6) is -3.25. The monoisotopic (exact) mass is 320 g/mol. The molecule has 2 unspecified atom stereocenters. The second kappa shape index (κ2) is 9.08. The van der Waals surface area contributed by atoms with Gasteiger partial charge in [-0.05, 0) is 12.0 Å². The van der Waals surface area contributed by atoms with E-state index in [4.69, 9.17) is 9.47 Å². The van der Waals surface area contributed by atoms with E-state index in [1.165, 1.54) is 14.2 Å². The Labute approximate surface area is 137 Å². The third-order valence-electron chi connectivity index (χ3n) is 4.12. The van der Waals surface area contributed by atoms with Crippen molar-refractivity contribution in [1.29, 1.82) is 0 Å². The summed E-state index contributed by atoms with van der Waals surface area (Å²) in [5.41, 5.74) is 0.741. The highest BCUT2D eigenvalue weighted by atomic mass is 16.5. The number of carbonyl (C=O) groups is 3. The Morgan fingerprint density at radius 2 is 1.52 bits per heavy atom. The Morgan fingerprint density at radius 1 is 1.00 bits per heavy atom. The molecule has 0 bridgehead atoms. The number of esters is 2. The molecule has 5 nitrogen and oxygen atoms in total. The van der Waals surface area contributed by atoms with Gasteiger partial charge in [0.05, 0.1) is 14.2 Å². The zero-order valence-electron chi connectivity index (χ0n) is 14.1. The number of hydrogen-bond acceptors (Lipinski definition) is 5. The van der Waals surface area contributed by atoms with Gasteiger partial charge in [0.25, 0.3) is 0 Å². The van der Waals surface area contributed by atoms with Crippen molar-refractivity contribution in [3.63, 3.8) is 0 Å². The van der Waals surface area contributed by atoms with Gasteiger partial charge < -0.3 is 9.47 Å². The Morgan fingerprint density at radius 3 is 1.96 bits per heavy atom. The van der Waals surface area contributed by atoms with E-state index in [1.54, 1.807) is 12.1 Å². The molecule has 1 rings (SSSR count). The van der Waals surface area contributed by atoms with E-state index in [1.807, 2.05) is 32.0 Å². The zero-order chi connectivity index (χ0) is 17.4. The van der Waals surface area contributed by atoms with Gasteiger partial charge in [-0.3, -0.25) is 14.4 Å². The predicted octanol–water partition coefficient (Wildman–Crippen LogP) is 2.74. The number of ketones is 1. The summed E-state index contributed by atoms with van der Waals surface area (Å²) in [6.45, 7) is 3.77. The summed E-state index contributed by atoms with van der Waals surface area (Å²) >= 11 is 0. The number of ether oxygens (including phenoxy) is 2. The van der Waals surface area contributed by atoms with Crippen LogP contribution in [-0.4, -0.2) is 31.9 Å². The first-order chi connectivity index (χ1) is 11.0. The molecule has 0 amide bonds. The topological polar surface area (TPSA) is 69.7 Å². The van der Waals surface area contributed by atoms with Crippen LogP contribution in [0, 0.1) is 11.8 Å². The van der Waals surface area contributed by atoms with Crippen molar-refractivity contribution < 1.29 is 23.9 Å². The number of rotatable bonds is 8. The Balaban J connectivity index is 3.23. The molecule has 126 valence electrons. The third-order valence-corrected chi connectivity index (χ3v) is 4.12. The van der Waals surface area contributed by atoms with Gasteiger partial charge >= 0.3 is 11.9 Å². The quantitative estimate of drug-likeness (QED) is 0.544. The van der Waals surface area contributed by atoms with Crippen LogP contribution in [0.3, 0.4) is 0 Å². The van der Waals surface area contributed by atoms with Crippen LogP contribution in [0.4, 0.5) is 0 Å². The second-order valence-electron chi connectivity index (χ2n) is 5.52. The highest BCUT2D eigenvalue weighted by Crippen LogP contribution is 2.32. The van der Waals surface area contributed by atoms with Crippen LogP contribution >= 0.6 is 0 Å². The molecule has 2 atom stereocenters. The fraction of sp³-hybridized carbons (Fsp3) is 0.500. The first-order valence-electron chi connectivity index (χ1n) is 7.69. The van der Waals surface area contributed by atoms with Crippen LogP contribution in [0.5, 0.6) is 0 Å². The molecular weight excluding hydrogens is 296 g/mol. The lowest BCUT2D eigenvalue weighted by Gasteiger charge is -2.24. The fourth-order valence-electron chi connectivity index (χ4n) is 2.45. The molecule has 0 spiro atoms. The van der Waals surface area contributed by atoms with Crippen molar-refractivity contribution in [2.45, 2.75) is 32.6 Å². The molecule has 0 N–H and O–H groups in total. The van der Waals surface area contributed by atoms with Gasteiger partial charge in [-0.25, -0.2) is 0 Å². The summed E-state index contributed by atoms with van der Waals surface area (Å²) in [6.07, 6.45) is 0.801. The predicted molar refractivity (Wildman–Crippen MR) is 85.8 cm³/mol. The van der Waals surface area contributed by atoms with Crippen LogP contribution < -0.4 is 0 Å². The zero-order valence-corrected chi connectivity index (χ0v) is 14.1. The van der Waals surface area contributed by atoms with Crippen LogP contribution in [0.15, 0.2) is 30.3 Å². The lowest BCUT2D eigenvalue weighted by atomic mass is 9.80. The highest BCUT2D eigenvalue weighted by molar-refractivity contribution is 5.97. The highest BCUT2D eigenvalue weighted by Gasteiger charge is 2.39. The maximum atomic E-state index is 12.4. The first-order valence-corrected chi connectivity index (χ1v) is 7.69. The average Bonchev–Trinajstić information content (AvgIpc) is 2.60. The van der Waals surface area contributed by atoms with E-state index >= 15 is 0 Å². The van der Waals surface area contributed by atoms with Crippen LogP contribution in [0.2, 0.25) is 0 Å². The fourth-order valence-corrected chi connectivity index (χ4v) is 2.45. The lowest BCUT2D eigenvalue weighted by molar-refractivity contribution is -0.160. The van der Waals surface area contributed by atoms with Crippen molar-refractivity contribution in [3.05, 3.63) is 35.9 Å². The molecule has 1 aromatic carbocycles. The number of hydrogen-bond donors (Lipinski definition) is 0. The van der Waals surface area contributed by atoms with Crippen molar-refractivity contribution in [2.24, 2.45) is 11.8 Å². The SMILES string of the molecule is CCC(C)C(=O)CC(c1ccccc1)C(C(=O)OC)C(=O)OC. The van der Waals surface area contributed by atoms with E-state index in [0.29, 0.717) is 6.42 Å². The minimum absolute atomic E-state index is 0.0131. The number of benzene rings is 1. The molecule has 0 aromatic heterocycles. The number of Topliss-reactive ketones (excluding diaryl/α,β-unsaturated/α-hetero) is 1. The summed E-state index contributed by atoms with van der Waals surface area (Å²) in [4.78, 5) is 36.6. The van der Waals surface area contributed by atoms with Gasteiger partial charge in [0.2, 0.25) is 0 Å². The molecule has 0 radical (unpaired) electrons. The molecule has 0 heterocycles. The molecule has 0 aliphatic rings. The first kappa shape index (κ1) is 18.9. The van der Waals surface area contributed by atoms with Gasteiger partial charge in [-0.15, -0.1) is 0 Å². The van der Waals surface area contributed by atoms with Gasteiger partial charge in [0.15, 0.2) is 5.92 Å². The molecule has 0 saturated carbocycles. The maximum Gasteiger partial charge on any atom is 0.320 e. The minimum Gasteiger partial charge on any atom is -0.468 e. The molecule has 0 saturated heterocycles. The molecular formula is C18H24O5. The molecule has 5 heteroatoms. The van der Waals surface area contributed by atoms with Crippen molar-refractivity contribution in [2.75, 3.05) is 14.2 Å². The normalized spacial score (nSPS) is 13.3. The average molecular weight is 320 g/mol. The van der Waals surface area contributed by atoms with Crippen LogP contribution in [-0.2, 0) is 23.9 Å². The molecule has 0 aliphatic heterocycles. The molecule has 1 aromatic rings. The number of carbonyl (C=O) groups excluding carboxylic acids is 3. The second-order valence-corrected chi connectivity index (χ2v) is 5.52. The largest absolute Gasteiger partial charge is 0.468 e. The Bertz CT molecular complexity index is 522. The van der Waals surface area contributed by atoms with Crippen LogP contribution in [0.25, 0.3) is 0 Å². The van der Waals surface area contributed by atoms with E-state index in [2.05, 4.69) is 0 Å². The van der Waals surface area contributed by atoms with Gasteiger partial charge in [-0.1, -0.05) is 44.2 Å². The summed E-state index contributed by atoms with van der Waals surface area (Å²) in [6, 6.07) is 9.05. The van der Waals surface area contributed by atoms with Crippen molar-refractivity contribution in [1.82, 2.24) is 0 Å². The third kappa shape index (κ3) is 4.91.